The number of halogens is 1. The van der Waals surface area contributed by atoms with E-state index in [-0.39, 0.29) is 17.6 Å². The Kier molecular flexibility index (Phi) is 3.61. The van der Waals surface area contributed by atoms with Crippen molar-refractivity contribution in [1.82, 2.24) is 0 Å². The molecule has 0 aliphatic heterocycles. The van der Waals surface area contributed by atoms with Crippen LogP contribution in [-0.4, -0.2) is 17.3 Å². The maximum Gasteiger partial charge on any atom is 0.0664 e. The molecule has 1 fully saturated rings. The van der Waals surface area contributed by atoms with Crippen LogP contribution >= 0.6 is 11.6 Å². The van der Waals surface area contributed by atoms with Gasteiger partial charge < -0.3 is 10.4 Å². The third kappa shape index (κ3) is 2.65. The van der Waals surface area contributed by atoms with Gasteiger partial charge in [-0.2, -0.15) is 0 Å². The lowest BCUT2D eigenvalue weighted by Crippen LogP contribution is -2.45. The number of anilines is 1. The van der Waals surface area contributed by atoms with Crippen LogP contribution in [0.1, 0.15) is 33.6 Å². The molecule has 1 saturated carbocycles. The molecule has 0 spiro atoms. The summed E-state index contributed by atoms with van der Waals surface area (Å²) in [6.07, 6.45) is 2.12. The minimum absolute atomic E-state index is 0.167. The Hall–Kier alpha value is -0.730. The van der Waals surface area contributed by atoms with E-state index in [9.17, 15) is 5.11 Å². The van der Waals surface area contributed by atoms with Gasteiger partial charge in [0.05, 0.1) is 12.1 Å². The predicted molar refractivity (Wildman–Crippen MR) is 77.1 cm³/mol. The van der Waals surface area contributed by atoms with Crippen molar-refractivity contribution in [1.29, 1.82) is 0 Å². The minimum Gasteiger partial charge on any atom is -0.394 e. The van der Waals surface area contributed by atoms with E-state index in [0.717, 1.165) is 23.6 Å². The highest BCUT2D eigenvalue weighted by molar-refractivity contribution is 6.30. The molecule has 2 nitrogen and oxygen atoms in total. The molecular weight excluding hydrogens is 246 g/mol. The van der Waals surface area contributed by atoms with Gasteiger partial charge in [0.25, 0.3) is 0 Å². The van der Waals surface area contributed by atoms with Crippen LogP contribution in [0.5, 0.6) is 0 Å². The van der Waals surface area contributed by atoms with Crippen molar-refractivity contribution in [2.45, 2.75) is 39.2 Å². The van der Waals surface area contributed by atoms with Gasteiger partial charge in [0.1, 0.15) is 0 Å². The van der Waals surface area contributed by atoms with Gasteiger partial charge in [-0.25, -0.2) is 0 Å². The van der Waals surface area contributed by atoms with E-state index in [1.54, 1.807) is 0 Å². The van der Waals surface area contributed by atoms with Crippen LogP contribution in [0.25, 0.3) is 0 Å². The van der Waals surface area contributed by atoms with E-state index < -0.39 is 0 Å². The first-order chi connectivity index (χ1) is 8.37. The second-order valence-electron chi connectivity index (χ2n) is 6.39. The van der Waals surface area contributed by atoms with Gasteiger partial charge in [-0.05, 0) is 48.4 Å². The van der Waals surface area contributed by atoms with E-state index >= 15 is 0 Å². The zero-order valence-corrected chi connectivity index (χ0v) is 12.1. The lowest BCUT2D eigenvalue weighted by atomic mass is 9.86. The quantitative estimate of drug-likeness (QED) is 0.869. The SMILES string of the molecule is CC1CC(C)(C)CC1(CO)Nc1ccc(Cl)cc1. The van der Waals surface area contributed by atoms with Gasteiger partial charge >= 0.3 is 0 Å². The normalized spacial score (nSPS) is 30.4. The van der Waals surface area contributed by atoms with Gasteiger partial charge in [0.15, 0.2) is 0 Å². The molecule has 100 valence electrons. The maximum atomic E-state index is 9.85. The number of hydrogen-bond acceptors (Lipinski definition) is 2. The van der Waals surface area contributed by atoms with Crippen molar-refractivity contribution in [2.75, 3.05) is 11.9 Å². The number of rotatable bonds is 3. The molecule has 0 saturated heterocycles. The smallest absolute Gasteiger partial charge is 0.0664 e. The first-order valence-electron chi connectivity index (χ1n) is 6.52. The number of aliphatic hydroxyl groups excluding tert-OH is 1. The van der Waals surface area contributed by atoms with E-state index in [1.807, 2.05) is 24.3 Å². The highest BCUT2D eigenvalue weighted by atomic mass is 35.5. The molecule has 0 bridgehead atoms. The summed E-state index contributed by atoms with van der Waals surface area (Å²) in [5.41, 5.74) is 1.09. The van der Waals surface area contributed by atoms with E-state index in [4.69, 9.17) is 11.6 Å². The van der Waals surface area contributed by atoms with Gasteiger partial charge in [0.2, 0.25) is 0 Å². The van der Waals surface area contributed by atoms with Crippen molar-refractivity contribution in [3.05, 3.63) is 29.3 Å². The zero-order valence-electron chi connectivity index (χ0n) is 11.3. The maximum absolute atomic E-state index is 9.85. The molecule has 2 N–H and O–H groups in total. The average molecular weight is 268 g/mol. The summed E-state index contributed by atoms with van der Waals surface area (Å²) >= 11 is 5.89. The molecule has 0 amide bonds. The van der Waals surface area contributed by atoms with Crippen molar-refractivity contribution in [2.24, 2.45) is 11.3 Å². The molecule has 0 aromatic heterocycles. The summed E-state index contributed by atoms with van der Waals surface area (Å²) in [7, 11) is 0. The van der Waals surface area contributed by atoms with Gasteiger partial charge in [-0.15, -0.1) is 0 Å². The number of hydrogen-bond donors (Lipinski definition) is 2. The highest BCUT2D eigenvalue weighted by Gasteiger charge is 2.48. The Morgan fingerprint density at radius 1 is 1.33 bits per heavy atom. The summed E-state index contributed by atoms with van der Waals surface area (Å²) in [4.78, 5) is 0. The van der Waals surface area contributed by atoms with Gasteiger partial charge in [-0.3, -0.25) is 0 Å². The van der Waals surface area contributed by atoms with E-state index in [0.29, 0.717) is 5.92 Å². The minimum atomic E-state index is -0.211. The first-order valence-corrected chi connectivity index (χ1v) is 6.89. The average Bonchev–Trinajstić information content (AvgIpc) is 2.52. The van der Waals surface area contributed by atoms with Crippen LogP contribution in [0.4, 0.5) is 5.69 Å². The fraction of sp³-hybridized carbons (Fsp3) is 0.600. The standard InChI is InChI=1S/C15H22ClNO/c1-11-8-14(2,3)9-15(11,10-18)17-13-6-4-12(16)5-7-13/h4-7,11,17-18H,8-10H2,1-3H3. The zero-order chi connectivity index (χ0) is 13.4. The fourth-order valence-corrected chi connectivity index (χ4v) is 3.49. The van der Waals surface area contributed by atoms with Gasteiger partial charge in [0, 0.05) is 10.7 Å². The van der Waals surface area contributed by atoms with Crippen LogP contribution in [-0.2, 0) is 0 Å². The summed E-state index contributed by atoms with van der Waals surface area (Å²) in [6, 6.07) is 7.69. The number of benzene rings is 1. The Bertz CT molecular complexity index is 415. The first kappa shape index (κ1) is 13.7. The summed E-state index contributed by atoms with van der Waals surface area (Å²) in [6.45, 7) is 6.92. The van der Waals surface area contributed by atoms with Crippen molar-refractivity contribution in [3.63, 3.8) is 0 Å². The second kappa shape index (κ2) is 4.75. The lowest BCUT2D eigenvalue weighted by Gasteiger charge is -2.35. The summed E-state index contributed by atoms with van der Waals surface area (Å²) in [5.74, 6) is 0.452. The molecule has 2 unspecified atom stereocenters. The molecule has 1 aliphatic carbocycles. The van der Waals surface area contributed by atoms with Crippen LogP contribution in [0, 0.1) is 11.3 Å². The summed E-state index contributed by atoms with van der Waals surface area (Å²) < 4.78 is 0. The monoisotopic (exact) mass is 267 g/mol. The molecule has 1 aromatic carbocycles. The molecule has 2 rings (SSSR count). The Balaban J connectivity index is 2.21. The lowest BCUT2D eigenvalue weighted by molar-refractivity contribution is 0.179. The predicted octanol–water partition coefficient (Wildman–Crippen LogP) is 3.94. The van der Waals surface area contributed by atoms with Crippen molar-refractivity contribution < 1.29 is 5.11 Å². The largest absolute Gasteiger partial charge is 0.394 e. The number of aliphatic hydroxyl groups is 1. The Labute approximate surface area is 114 Å². The molecule has 1 aliphatic rings. The van der Waals surface area contributed by atoms with E-state index in [1.165, 1.54) is 0 Å². The van der Waals surface area contributed by atoms with Crippen LogP contribution in [0.15, 0.2) is 24.3 Å². The topological polar surface area (TPSA) is 32.3 Å². The van der Waals surface area contributed by atoms with Crippen molar-refractivity contribution in [3.8, 4) is 0 Å². The van der Waals surface area contributed by atoms with Crippen LogP contribution < -0.4 is 5.32 Å². The second-order valence-corrected chi connectivity index (χ2v) is 6.83. The van der Waals surface area contributed by atoms with Crippen molar-refractivity contribution >= 4 is 17.3 Å². The summed E-state index contributed by atoms with van der Waals surface area (Å²) in [5, 5.41) is 14.1. The van der Waals surface area contributed by atoms with E-state index in [2.05, 4.69) is 26.1 Å². The molecule has 0 radical (unpaired) electrons. The molecule has 2 atom stereocenters. The molecule has 1 aromatic rings. The molecule has 0 heterocycles. The molecular formula is C15H22ClNO. The Morgan fingerprint density at radius 2 is 1.94 bits per heavy atom. The highest BCUT2D eigenvalue weighted by Crippen LogP contribution is 2.48. The molecule has 18 heavy (non-hydrogen) atoms. The third-order valence-electron chi connectivity index (χ3n) is 4.12. The molecule has 3 heteroatoms. The van der Waals surface area contributed by atoms with Crippen LogP contribution in [0.3, 0.4) is 0 Å². The van der Waals surface area contributed by atoms with Crippen LogP contribution in [0.2, 0.25) is 5.02 Å². The number of nitrogens with one attached hydrogen (secondary N) is 1. The van der Waals surface area contributed by atoms with Gasteiger partial charge in [-0.1, -0.05) is 32.4 Å². The third-order valence-corrected chi connectivity index (χ3v) is 4.37. The fourth-order valence-electron chi connectivity index (χ4n) is 3.36. The Morgan fingerprint density at radius 3 is 2.39 bits per heavy atom.